The smallest absolute Gasteiger partial charge is 0.416 e. The predicted octanol–water partition coefficient (Wildman–Crippen LogP) is 3.78. The molecule has 14 heteroatoms. The van der Waals surface area contributed by atoms with Gasteiger partial charge in [0.25, 0.3) is 5.95 Å². The maximum atomic E-state index is 12.9. The van der Waals surface area contributed by atoms with E-state index in [1.165, 1.54) is 36.3 Å². The molecule has 10 nitrogen and oxygen atoms in total. The Balaban J connectivity index is 0.00000320. The summed E-state index contributed by atoms with van der Waals surface area (Å²) in [5.74, 6) is -0.00985. The molecule has 1 fully saturated rings. The fraction of sp³-hybridized carbons (Fsp3) is 0.348. The minimum Gasteiger partial charge on any atom is -0.479 e. The molecule has 1 aliphatic heterocycles. The van der Waals surface area contributed by atoms with Crippen molar-refractivity contribution >= 4 is 36.2 Å². The minimum atomic E-state index is -4.37. The van der Waals surface area contributed by atoms with E-state index in [0.717, 1.165) is 18.6 Å². The highest BCUT2D eigenvalue weighted by Crippen LogP contribution is 2.34. The summed E-state index contributed by atoms with van der Waals surface area (Å²) in [4.78, 5) is 23.0. The van der Waals surface area contributed by atoms with E-state index in [1.54, 1.807) is 17.8 Å². The maximum Gasteiger partial charge on any atom is 0.416 e. The molecule has 0 N–H and O–H groups in total. The number of fused-ring (bicyclic) bond motifs is 1. The molecule has 1 aromatic carbocycles. The first-order valence-electron chi connectivity index (χ1n) is 11.2. The number of ether oxygens (including phenoxy) is 2. The Morgan fingerprint density at radius 1 is 1.14 bits per heavy atom. The van der Waals surface area contributed by atoms with Crippen molar-refractivity contribution in [1.82, 2.24) is 29.5 Å². The molecule has 5 rings (SSSR count). The zero-order valence-corrected chi connectivity index (χ0v) is 20.9. The van der Waals surface area contributed by atoms with Crippen LogP contribution in [0.1, 0.15) is 35.3 Å². The van der Waals surface area contributed by atoms with E-state index >= 15 is 0 Å². The van der Waals surface area contributed by atoms with Gasteiger partial charge in [-0.3, -0.25) is 4.68 Å². The number of rotatable bonds is 6. The molecule has 4 heterocycles. The summed E-state index contributed by atoms with van der Waals surface area (Å²) in [5.41, 5.74) is 1.42. The molecule has 1 saturated heterocycles. The third-order valence-corrected chi connectivity index (χ3v) is 5.96. The van der Waals surface area contributed by atoms with Gasteiger partial charge in [-0.2, -0.15) is 41.8 Å². The molecule has 196 valence electrons. The van der Waals surface area contributed by atoms with Crippen LogP contribution in [0.15, 0.2) is 42.9 Å². The van der Waals surface area contributed by atoms with Gasteiger partial charge in [0.15, 0.2) is 0 Å². The third-order valence-electron chi connectivity index (χ3n) is 5.96. The monoisotopic (exact) mass is 535 g/mol. The minimum absolute atomic E-state index is 0. The molecule has 0 unspecified atom stereocenters. The van der Waals surface area contributed by atoms with Crippen LogP contribution in [0.3, 0.4) is 0 Å². The van der Waals surface area contributed by atoms with Crippen LogP contribution in [0, 0.1) is 0 Å². The molecule has 1 aliphatic rings. The van der Waals surface area contributed by atoms with Gasteiger partial charge in [-0.25, -0.2) is 14.5 Å². The van der Waals surface area contributed by atoms with E-state index < -0.39 is 17.7 Å². The molecule has 0 spiro atoms. The molecule has 0 bridgehead atoms. The normalized spacial score (nSPS) is 15.6. The number of benzene rings is 1. The lowest BCUT2D eigenvalue weighted by molar-refractivity contribution is -0.137. The lowest BCUT2D eigenvalue weighted by Crippen LogP contribution is -2.21. The number of aromatic nitrogens is 6. The molecule has 0 saturated carbocycles. The fourth-order valence-electron chi connectivity index (χ4n) is 4.23. The SMILES string of the molecule is CCOC(=O)c1cnn(-c2nc(OC)c3c(cnn3[C@H]3CCN(c4ccc(C(F)(F)F)cc4)C3)n2)c1.S. The number of nitrogens with zero attached hydrogens (tertiary/aromatic N) is 7. The van der Waals surface area contributed by atoms with Gasteiger partial charge in [0, 0.05) is 25.0 Å². The van der Waals surface area contributed by atoms with E-state index in [0.29, 0.717) is 29.8 Å². The van der Waals surface area contributed by atoms with Gasteiger partial charge in [0.05, 0.1) is 43.3 Å². The predicted molar refractivity (Wildman–Crippen MR) is 133 cm³/mol. The molecule has 0 radical (unpaired) electrons. The van der Waals surface area contributed by atoms with Crippen molar-refractivity contribution in [2.24, 2.45) is 0 Å². The van der Waals surface area contributed by atoms with E-state index in [9.17, 15) is 18.0 Å². The van der Waals surface area contributed by atoms with Gasteiger partial charge in [-0.15, -0.1) is 0 Å². The molecule has 0 amide bonds. The average Bonchev–Trinajstić information content (AvgIpc) is 3.62. The Labute approximate surface area is 216 Å². The Kier molecular flexibility index (Phi) is 7.30. The second kappa shape index (κ2) is 10.3. The molecule has 4 aromatic rings. The van der Waals surface area contributed by atoms with E-state index in [4.69, 9.17) is 9.47 Å². The number of alkyl halides is 3. The number of carbonyl (C=O) groups excluding carboxylic acids is 1. The summed E-state index contributed by atoms with van der Waals surface area (Å²) >= 11 is 0. The van der Waals surface area contributed by atoms with Crippen LogP contribution in [0.2, 0.25) is 0 Å². The second-order valence-electron chi connectivity index (χ2n) is 8.18. The summed E-state index contributed by atoms with van der Waals surface area (Å²) in [6.45, 7) is 3.17. The lowest BCUT2D eigenvalue weighted by atomic mass is 10.2. The molecule has 37 heavy (non-hydrogen) atoms. The number of halogens is 3. The van der Waals surface area contributed by atoms with Crippen molar-refractivity contribution in [1.29, 1.82) is 0 Å². The van der Waals surface area contributed by atoms with E-state index in [2.05, 4.69) is 20.2 Å². The largest absolute Gasteiger partial charge is 0.479 e. The van der Waals surface area contributed by atoms with Gasteiger partial charge >= 0.3 is 12.1 Å². The number of esters is 1. The zero-order chi connectivity index (χ0) is 25.4. The molecule has 1 atom stereocenters. The van der Waals surface area contributed by atoms with E-state index in [1.807, 2.05) is 4.90 Å². The van der Waals surface area contributed by atoms with Crippen molar-refractivity contribution in [2.75, 3.05) is 31.7 Å². The number of hydrogen-bond acceptors (Lipinski definition) is 8. The van der Waals surface area contributed by atoms with Crippen LogP contribution in [-0.4, -0.2) is 62.3 Å². The van der Waals surface area contributed by atoms with E-state index in [-0.39, 0.29) is 43.5 Å². The van der Waals surface area contributed by atoms with Crippen LogP contribution in [0.25, 0.3) is 17.0 Å². The molecule has 0 aliphatic carbocycles. The third kappa shape index (κ3) is 5.05. The highest BCUT2D eigenvalue weighted by molar-refractivity contribution is 7.59. The standard InChI is InChI=1S/C23H22F3N7O3.H2S/c1-3-36-21(34)14-10-27-32(12-14)22-29-18-11-28-33(19(18)20(30-22)35-2)17-8-9-31(13-17)16-6-4-15(5-7-16)23(24,25)26;/h4-7,10-12,17H,3,8-9,13H2,1-2H3;1H2/t17-;/m0./s1. The topological polar surface area (TPSA) is 100 Å². The number of carbonyl (C=O) groups is 1. The van der Waals surface area contributed by atoms with Crippen molar-refractivity contribution in [3.05, 3.63) is 54.0 Å². The summed E-state index contributed by atoms with van der Waals surface area (Å²) in [6.07, 6.45) is 0.800. The summed E-state index contributed by atoms with van der Waals surface area (Å²) < 4.78 is 52.3. The van der Waals surface area contributed by atoms with Crippen LogP contribution in [-0.2, 0) is 10.9 Å². The lowest BCUT2D eigenvalue weighted by Gasteiger charge is -2.20. The van der Waals surface area contributed by atoms with Gasteiger partial charge in [0.1, 0.15) is 11.0 Å². The highest BCUT2D eigenvalue weighted by Gasteiger charge is 2.31. The second-order valence-corrected chi connectivity index (χ2v) is 8.18. The molecular formula is C23H24F3N7O3S. The Hall–Kier alpha value is -3.81. The number of hydrogen-bond donors (Lipinski definition) is 0. The highest BCUT2D eigenvalue weighted by atomic mass is 32.1. The number of anilines is 1. The Morgan fingerprint density at radius 3 is 2.57 bits per heavy atom. The van der Waals surface area contributed by atoms with Crippen molar-refractivity contribution in [3.63, 3.8) is 0 Å². The van der Waals surface area contributed by atoms with Gasteiger partial charge in [0.2, 0.25) is 5.88 Å². The van der Waals surface area contributed by atoms with Crippen molar-refractivity contribution in [2.45, 2.75) is 25.6 Å². The quantitative estimate of drug-likeness (QED) is 0.344. The summed E-state index contributed by atoms with van der Waals surface area (Å²) in [7, 11) is 1.49. The molecule has 3 aromatic heterocycles. The Morgan fingerprint density at radius 2 is 1.89 bits per heavy atom. The van der Waals surface area contributed by atoms with Gasteiger partial charge < -0.3 is 14.4 Å². The zero-order valence-electron chi connectivity index (χ0n) is 19.9. The average molecular weight is 536 g/mol. The van der Waals surface area contributed by atoms with Crippen LogP contribution in [0.4, 0.5) is 18.9 Å². The number of methoxy groups -OCH3 is 1. The van der Waals surface area contributed by atoms with Crippen LogP contribution in [0.5, 0.6) is 5.88 Å². The van der Waals surface area contributed by atoms with Crippen LogP contribution < -0.4 is 9.64 Å². The van der Waals surface area contributed by atoms with Crippen LogP contribution >= 0.6 is 13.5 Å². The first kappa shape index (κ1) is 26.3. The first-order chi connectivity index (χ1) is 17.3. The van der Waals surface area contributed by atoms with Crippen molar-refractivity contribution in [3.8, 4) is 11.8 Å². The summed E-state index contributed by atoms with van der Waals surface area (Å²) in [6, 6.07) is 5.09. The van der Waals surface area contributed by atoms with Crippen molar-refractivity contribution < 1.29 is 27.4 Å². The summed E-state index contributed by atoms with van der Waals surface area (Å²) in [5, 5.41) is 8.66. The maximum absolute atomic E-state index is 12.9. The molecular weight excluding hydrogens is 511 g/mol. The Bertz CT molecular complexity index is 1410. The fourth-order valence-corrected chi connectivity index (χ4v) is 4.23. The van der Waals surface area contributed by atoms with Gasteiger partial charge in [-0.1, -0.05) is 0 Å². The van der Waals surface area contributed by atoms with Gasteiger partial charge in [-0.05, 0) is 37.6 Å². The first-order valence-corrected chi connectivity index (χ1v) is 11.2.